The highest BCUT2D eigenvalue weighted by Gasteiger charge is 2.13. The van der Waals surface area contributed by atoms with Crippen LogP contribution in [0.3, 0.4) is 0 Å². The average Bonchev–Trinajstić information content (AvgIpc) is 2.97. The van der Waals surface area contributed by atoms with Crippen molar-refractivity contribution < 1.29 is 13.6 Å². The number of nitrogens with zero attached hydrogens (tertiary/aromatic N) is 2. The van der Waals surface area contributed by atoms with Gasteiger partial charge in [0.2, 0.25) is 5.89 Å². The van der Waals surface area contributed by atoms with Crippen LogP contribution in [0.1, 0.15) is 32.9 Å². The molecular formula is C18H16FN3O2. The molecule has 122 valence electrons. The first-order valence-electron chi connectivity index (χ1n) is 7.47. The number of hydrogen-bond donors (Lipinski definition) is 1. The summed E-state index contributed by atoms with van der Waals surface area (Å²) in [4.78, 5) is 12.0. The summed E-state index contributed by atoms with van der Waals surface area (Å²) in [6.45, 7) is 4.05. The first-order chi connectivity index (χ1) is 11.5. The number of hydrogen-bond acceptors (Lipinski definition) is 4. The van der Waals surface area contributed by atoms with Gasteiger partial charge in [0, 0.05) is 5.56 Å². The van der Waals surface area contributed by atoms with Crippen molar-refractivity contribution in [1.29, 1.82) is 0 Å². The van der Waals surface area contributed by atoms with Crippen molar-refractivity contribution in [2.24, 2.45) is 0 Å². The second-order valence-corrected chi connectivity index (χ2v) is 5.57. The molecule has 6 heteroatoms. The molecule has 0 fully saturated rings. The molecule has 0 aliphatic carbocycles. The van der Waals surface area contributed by atoms with E-state index in [2.05, 4.69) is 21.6 Å². The average molecular weight is 325 g/mol. The van der Waals surface area contributed by atoms with E-state index >= 15 is 0 Å². The number of amides is 1. The highest BCUT2D eigenvalue weighted by Crippen LogP contribution is 2.16. The summed E-state index contributed by atoms with van der Waals surface area (Å²) in [5, 5.41) is 10.2. The largest absolute Gasteiger partial charge is 0.407 e. The SMILES string of the molecule is Cc1ccc(Cc2nnc(NC(=O)c3cccc(F)c3)o2)c(C)c1. The molecule has 0 aliphatic heterocycles. The molecule has 0 saturated carbocycles. The van der Waals surface area contributed by atoms with E-state index in [4.69, 9.17) is 4.42 Å². The zero-order valence-electron chi connectivity index (χ0n) is 13.3. The predicted octanol–water partition coefficient (Wildman–Crippen LogP) is 3.67. The molecular weight excluding hydrogens is 309 g/mol. The normalized spacial score (nSPS) is 10.6. The second kappa shape index (κ2) is 6.62. The first kappa shape index (κ1) is 15.9. The van der Waals surface area contributed by atoms with E-state index in [1.54, 1.807) is 0 Å². The monoisotopic (exact) mass is 325 g/mol. The van der Waals surface area contributed by atoms with Crippen molar-refractivity contribution in [3.05, 3.63) is 76.4 Å². The quantitative estimate of drug-likeness (QED) is 0.795. The zero-order chi connectivity index (χ0) is 17.1. The maximum atomic E-state index is 13.1. The molecule has 3 rings (SSSR count). The molecule has 1 N–H and O–H groups in total. The van der Waals surface area contributed by atoms with Crippen LogP contribution in [-0.2, 0) is 6.42 Å². The van der Waals surface area contributed by atoms with Crippen LogP contribution in [0.4, 0.5) is 10.4 Å². The minimum Gasteiger partial charge on any atom is -0.407 e. The van der Waals surface area contributed by atoms with Gasteiger partial charge >= 0.3 is 6.01 Å². The molecule has 24 heavy (non-hydrogen) atoms. The minimum absolute atomic E-state index is 0.0102. The van der Waals surface area contributed by atoms with Crippen LogP contribution >= 0.6 is 0 Å². The van der Waals surface area contributed by atoms with E-state index in [0.29, 0.717) is 12.3 Å². The van der Waals surface area contributed by atoms with Crippen LogP contribution in [0.25, 0.3) is 0 Å². The Balaban J connectivity index is 1.70. The lowest BCUT2D eigenvalue weighted by Gasteiger charge is -2.04. The van der Waals surface area contributed by atoms with E-state index < -0.39 is 11.7 Å². The van der Waals surface area contributed by atoms with E-state index in [-0.39, 0.29) is 11.6 Å². The Labute approximate surface area is 138 Å². The summed E-state index contributed by atoms with van der Waals surface area (Å²) in [5.41, 5.74) is 3.58. The summed E-state index contributed by atoms with van der Waals surface area (Å²) in [7, 11) is 0. The second-order valence-electron chi connectivity index (χ2n) is 5.57. The van der Waals surface area contributed by atoms with Gasteiger partial charge in [0.05, 0.1) is 6.42 Å². The fraction of sp³-hybridized carbons (Fsp3) is 0.167. The molecule has 0 atom stereocenters. The summed E-state index contributed by atoms with van der Waals surface area (Å²) >= 11 is 0. The maximum absolute atomic E-state index is 13.1. The Hall–Kier alpha value is -3.02. The fourth-order valence-electron chi connectivity index (χ4n) is 2.38. The molecule has 0 unspecified atom stereocenters. The van der Waals surface area contributed by atoms with Crippen LogP contribution in [0.5, 0.6) is 0 Å². The Morgan fingerprint density at radius 1 is 1.17 bits per heavy atom. The topological polar surface area (TPSA) is 68.0 Å². The third-order valence-corrected chi connectivity index (χ3v) is 3.61. The minimum atomic E-state index is -0.504. The van der Waals surface area contributed by atoms with Crippen LogP contribution in [-0.4, -0.2) is 16.1 Å². The summed E-state index contributed by atoms with van der Waals surface area (Å²) in [5.74, 6) is -0.587. The number of rotatable bonds is 4. The third-order valence-electron chi connectivity index (χ3n) is 3.61. The van der Waals surface area contributed by atoms with Crippen molar-refractivity contribution in [3.63, 3.8) is 0 Å². The summed E-state index contributed by atoms with van der Waals surface area (Å²) in [6, 6.07) is 11.5. The highest BCUT2D eigenvalue weighted by molar-refractivity contribution is 6.03. The van der Waals surface area contributed by atoms with Gasteiger partial charge in [0.15, 0.2) is 0 Å². The number of carbonyl (C=O) groups is 1. The smallest absolute Gasteiger partial charge is 0.322 e. The van der Waals surface area contributed by atoms with Gasteiger partial charge in [-0.25, -0.2) is 4.39 Å². The van der Waals surface area contributed by atoms with Crippen molar-refractivity contribution in [1.82, 2.24) is 10.2 Å². The number of nitrogens with one attached hydrogen (secondary N) is 1. The molecule has 0 aliphatic rings. The molecule has 0 saturated heterocycles. The number of carbonyl (C=O) groups excluding carboxylic acids is 1. The van der Waals surface area contributed by atoms with Crippen LogP contribution in [0, 0.1) is 19.7 Å². The van der Waals surface area contributed by atoms with Gasteiger partial charge in [-0.2, -0.15) is 0 Å². The van der Waals surface area contributed by atoms with E-state index in [9.17, 15) is 9.18 Å². The zero-order valence-corrected chi connectivity index (χ0v) is 13.3. The van der Waals surface area contributed by atoms with Crippen molar-refractivity contribution in [3.8, 4) is 0 Å². The molecule has 3 aromatic rings. The molecule has 0 spiro atoms. The molecule has 5 nitrogen and oxygen atoms in total. The molecule has 1 aromatic heterocycles. The van der Waals surface area contributed by atoms with Crippen molar-refractivity contribution in [2.75, 3.05) is 5.32 Å². The number of aryl methyl sites for hydroxylation is 2. The molecule has 2 aromatic carbocycles. The van der Waals surface area contributed by atoms with Crippen molar-refractivity contribution in [2.45, 2.75) is 20.3 Å². The maximum Gasteiger partial charge on any atom is 0.322 e. The third kappa shape index (κ3) is 3.65. The molecule has 0 bridgehead atoms. The highest BCUT2D eigenvalue weighted by atomic mass is 19.1. The summed E-state index contributed by atoms with van der Waals surface area (Å²) in [6.07, 6.45) is 0.481. The van der Waals surface area contributed by atoms with Gasteiger partial charge in [-0.3, -0.25) is 10.1 Å². The summed E-state index contributed by atoms with van der Waals surface area (Å²) < 4.78 is 18.6. The number of anilines is 1. The number of aromatic nitrogens is 2. The Morgan fingerprint density at radius 2 is 2.00 bits per heavy atom. The Kier molecular flexibility index (Phi) is 4.37. The van der Waals surface area contributed by atoms with Gasteiger partial charge < -0.3 is 4.42 Å². The van der Waals surface area contributed by atoms with Gasteiger partial charge in [0.25, 0.3) is 5.91 Å². The van der Waals surface area contributed by atoms with Gasteiger partial charge in [-0.1, -0.05) is 34.9 Å². The lowest BCUT2D eigenvalue weighted by Crippen LogP contribution is -2.12. The van der Waals surface area contributed by atoms with Crippen LogP contribution in [0.2, 0.25) is 0 Å². The molecule has 1 heterocycles. The molecule has 1 amide bonds. The van der Waals surface area contributed by atoms with E-state index in [1.807, 2.05) is 26.0 Å². The van der Waals surface area contributed by atoms with E-state index in [1.165, 1.54) is 23.8 Å². The fourth-order valence-corrected chi connectivity index (χ4v) is 2.38. The first-order valence-corrected chi connectivity index (χ1v) is 7.47. The Morgan fingerprint density at radius 3 is 2.75 bits per heavy atom. The lowest BCUT2D eigenvalue weighted by atomic mass is 10.0. The molecule has 0 radical (unpaired) electrons. The predicted molar refractivity (Wildman–Crippen MR) is 87.4 cm³/mol. The number of benzene rings is 2. The lowest BCUT2D eigenvalue weighted by molar-refractivity contribution is 0.102. The van der Waals surface area contributed by atoms with Gasteiger partial charge in [0.1, 0.15) is 5.82 Å². The number of halogens is 1. The van der Waals surface area contributed by atoms with Crippen LogP contribution in [0.15, 0.2) is 46.9 Å². The Bertz CT molecular complexity index is 889. The van der Waals surface area contributed by atoms with E-state index in [0.717, 1.165) is 17.2 Å². The van der Waals surface area contributed by atoms with Gasteiger partial charge in [-0.15, -0.1) is 5.10 Å². The van der Waals surface area contributed by atoms with Crippen LogP contribution < -0.4 is 5.32 Å². The van der Waals surface area contributed by atoms with Crippen molar-refractivity contribution >= 4 is 11.9 Å². The van der Waals surface area contributed by atoms with Gasteiger partial charge in [-0.05, 0) is 43.2 Å². The standard InChI is InChI=1S/C18H16FN3O2/c1-11-6-7-13(12(2)8-11)10-16-21-22-18(24-16)20-17(23)14-4-3-5-15(19)9-14/h3-9H,10H2,1-2H3,(H,20,22,23).